The molecule has 0 aromatic heterocycles. The molecule has 1 fully saturated rings. The highest BCUT2D eigenvalue weighted by Crippen LogP contribution is 2.28. The molecule has 0 aliphatic carbocycles. The van der Waals surface area contributed by atoms with Gasteiger partial charge in [-0.15, -0.1) is 0 Å². The van der Waals surface area contributed by atoms with Crippen molar-refractivity contribution in [3.63, 3.8) is 0 Å². The maximum atomic E-state index is 6.04. The molecule has 0 spiro atoms. The van der Waals surface area contributed by atoms with Gasteiger partial charge in [-0.05, 0) is 17.7 Å². The van der Waals surface area contributed by atoms with E-state index in [1.807, 2.05) is 18.2 Å². The lowest BCUT2D eigenvalue weighted by atomic mass is 10.1. The third kappa shape index (κ3) is 3.12. The van der Waals surface area contributed by atoms with Crippen LogP contribution in [0.2, 0.25) is 10.0 Å². The molecule has 94 valence electrons. The number of morpholine rings is 1. The minimum atomic E-state index is 0.189. The summed E-state index contributed by atoms with van der Waals surface area (Å²) in [5.74, 6) is 0. The maximum absolute atomic E-state index is 6.04. The van der Waals surface area contributed by atoms with Crippen LogP contribution in [0, 0.1) is 0 Å². The lowest BCUT2D eigenvalue weighted by Gasteiger charge is -2.34. The lowest BCUT2D eigenvalue weighted by Crippen LogP contribution is -2.41. The first-order valence-corrected chi connectivity index (χ1v) is 6.45. The molecule has 1 aliphatic rings. The van der Waals surface area contributed by atoms with E-state index in [-0.39, 0.29) is 6.04 Å². The van der Waals surface area contributed by atoms with E-state index >= 15 is 0 Å². The molecule has 17 heavy (non-hydrogen) atoms. The maximum Gasteiger partial charge on any atom is 0.0595 e. The highest BCUT2D eigenvalue weighted by Gasteiger charge is 2.21. The normalized spacial score (nSPS) is 19.2. The summed E-state index contributed by atoms with van der Waals surface area (Å²) < 4.78 is 5.34. The zero-order valence-electron chi connectivity index (χ0n) is 9.53. The molecule has 2 N–H and O–H groups in total. The van der Waals surface area contributed by atoms with Gasteiger partial charge in [-0.25, -0.2) is 0 Å². The van der Waals surface area contributed by atoms with Gasteiger partial charge in [0.05, 0.1) is 23.3 Å². The minimum Gasteiger partial charge on any atom is -0.379 e. The fraction of sp³-hybridized carbons (Fsp3) is 0.500. The van der Waals surface area contributed by atoms with Gasteiger partial charge in [0.25, 0.3) is 0 Å². The van der Waals surface area contributed by atoms with Crippen LogP contribution in [0.1, 0.15) is 11.6 Å². The number of hydrogen-bond donors (Lipinski definition) is 1. The molecule has 0 saturated carbocycles. The van der Waals surface area contributed by atoms with Crippen molar-refractivity contribution >= 4 is 23.2 Å². The number of hydrogen-bond acceptors (Lipinski definition) is 3. The van der Waals surface area contributed by atoms with Crippen LogP contribution in [-0.2, 0) is 4.74 Å². The smallest absolute Gasteiger partial charge is 0.0595 e. The van der Waals surface area contributed by atoms with E-state index in [9.17, 15) is 0 Å². The van der Waals surface area contributed by atoms with Gasteiger partial charge in [-0.2, -0.15) is 0 Å². The van der Waals surface area contributed by atoms with Gasteiger partial charge in [-0.1, -0.05) is 29.3 Å². The molecule has 1 heterocycles. The molecule has 0 amide bonds. The van der Waals surface area contributed by atoms with Crippen molar-refractivity contribution in [3.8, 4) is 0 Å². The zero-order valence-corrected chi connectivity index (χ0v) is 11.0. The van der Waals surface area contributed by atoms with Crippen LogP contribution in [0.4, 0.5) is 0 Å². The number of benzene rings is 1. The molecule has 1 saturated heterocycles. The highest BCUT2D eigenvalue weighted by atomic mass is 35.5. The van der Waals surface area contributed by atoms with Crippen molar-refractivity contribution < 1.29 is 4.74 Å². The van der Waals surface area contributed by atoms with Gasteiger partial charge in [0, 0.05) is 25.7 Å². The molecular weight excluding hydrogens is 259 g/mol. The molecule has 0 unspecified atom stereocenters. The fourth-order valence-electron chi connectivity index (χ4n) is 2.10. The number of ether oxygens (including phenoxy) is 1. The monoisotopic (exact) mass is 274 g/mol. The molecule has 0 bridgehead atoms. The van der Waals surface area contributed by atoms with Crippen molar-refractivity contribution in [1.82, 2.24) is 4.90 Å². The van der Waals surface area contributed by atoms with Crippen molar-refractivity contribution in [2.75, 3.05) is 32.8 Å². The van der Waals surface area contributed by atoms with Gasteiger partial charge < -0.3 is 10.5 Å². The van der Waals surface area contributed by atoms with Crippen molar-refractivity contribution in [1.29, 1.82) is 0 Å². The van der Waals surface area contributed by atoms with Crippen LogP contribution >= 0.6 is 23.2 Å². The van der Waals surface area contributed by atoms with E-state index in [1.54, 1.807) is 0 Å². The van der Waals surface area contributed by atoms with Gasteiger partial charge in [0.2, 0.25) is 0 Å². The topological polar surface area (TPSA) is 38.5 Å². The Morgan fingerprint density at radius 2 is 1.94 bits per heavy atom. The van der Waals surface area contributed by atoms with E-state index in [0.29, 0.717) is 16.6 Å². The first-order valence-electron chi connectivity index (χ1n) is 5.69. The molecule has 1 aliphatic heterocycles. The van der Waals surface area contributed by atoms with Crippen LogP contribution in [0.5, 0.6) is 0 Å². The van der Waals surface area contributed by atoms with Crippen LogP contribution in [0.15, 0.2) is 18.2 Å². The summed E-state index contributed by atoms with van der Waals surface area (Å²) in [5.41, 5.74) is 6.98. The lowest BCUT2D eigenvalue weighted by molar-refractivity contribution is 0.0179. The fourth-order valence-corrected chi connectivity index (χ4v) is 2.41. The Kier molecular flexibility index (Phi) is 4.65. The molecule has 1 aromatic rings. The standard InChI is InChI=1S/C12H16Cl2N2O/c13-10-2-1-9(7-11(10)14)12(8-15)16-3-5-17-6-4-16/h1-2,7,12H,3-6,8,15H2/t12-/m1/s1. The zero-order chi connectivity index (χ0) is 12.3. The quantitative estimate of drug-likeness (QED) is 0.920. The molecule has 1 aromatic carbocycles. The first-order chi connectivity index (χ1) is 8.22. The van der Waals surface area contributed by atoms with Gasteiger partial charge in [0.1, 0.15) is 0 Å². The van der Waals surface area contributed by atoms with Crippen LogP contribution in [0.25, 0.3) is 0 Å². The number of nitrogens with two attached hydrogens (primary N) is 1. The number of nitrogens with zero attached hydrogens (tertiary/aromatic N) is 1. The number of halogens is 2. The van der Waals surface area contributed by atoms with Gasteiger partial charge in [-0.3, -0.25) is 4.90 Å². The van der Waals surface area contributed by atoms with Crippen molar-refractivity contribution in [2.45, 2.75) is 6.04 Å². The second-order valence-electron chi connectivity index (χ2n) is 4.07. The van der Waals surface area contributed by atoms with Crippen LogP contribution in [-0.4, -0.2) is 37.7 Å². The van der Waals surface area contributed by atoms with E-state index < -0.39 is 0 Å². The van der Waals surface area contributed by atoms with E-state index in [4.69, 9.17) is 33.7 Å². The Labute approximate surface area is 111 Å². The Balaban J connectivity index is 2.18. The molecule has 2 rings (SSSR count). The Morgan fingerprint density at radius 3 is 2.53 bits per heavy atom. The second-order valence-corrected chi connectivity index (χ2v) is 4.89. The predicted octanol–water partition coefficient (Wildman–Crippen LogP) is 2.33. The van der Waals surface area contributed by atoms with Crippen molar-refractivity contribution in [3.05, 3.63) is 33.8 Å². The summed E-state index contributed by atoms with van der Waals surface area (Å²) in [6.07, 6.45) is 0. The SMILES string of the molecule is NC[C@H](c1ccc(Cl)c(Cl)c1)N1CCOCC1. The summed E-state index contributed by atoms with van der Waals surface area (Å²) in [6.45, 7) is 3.90. The van der Waals surface area contributed by atoms with E-state index in [2.05, 4.69) is 4.90 Å². The van der Waals surface area contributed by atoms with Gasteiger partial charge >= 0.3 is 0 Å². The number of rotatable bonds is 3. The van der Waals surface area contributed by atoms with Crippen molar-refractivity contribution in [2.24, 2.45) is 5.73 Å². The Hall–Kier alpha value is -0.320. The van der Waals surface area contributed by atoms with E-state index in [0.717, 1.165) is 31.9 Å². The molecule has 1 atom stereocenters. The average Bonchev–Trinajstić information content (AvgIpc) is 2.36. The molecule has 5 heteroatoms. The van der Waals surface area contributed by atoms with E-state index in [1.165, 1.54) is 0 Å². The second kappa shape index (κ2) is 6.03. The minimum absolute atomic E-state index is 0.189. The molecule has 0 radical (unpaired) electrons. The van der Waals surface area contributed by atoms with Crippen LogP contribution < -0.4 is 5.73 Å². The molecular formula is C12H16Cl2N2O. The average molecular weight is 275 g/mol. The predicted molar refractivity (Wildman–Crippen MR) is 70.6 cm³/mol. The third-order valence-corrected chi connectivity index (χ3v) is 3.78. The summed E-state index contributed by atoms with van der Waals surface area (Å²) in [6, 6.07) is 5.90. The highest BCUT2D eigenvalue weighted by molar-refractivity contribution is 6.42. The van der Waals surface area contributed by atoms with Gasteiger partial charge in [0.15, 0.2) is 0 Å². The molecule has 3 nitrogen and oxygen atoms in total. The summed E-state index contributed by atoms with van der Waals surface area (Å²) >= 11 is 12.0. The third-order valence-electron chi connectivity index (χ3n) is 3.04. The summed E-state index contributed by atoms with van der Waals surface area (Å²) in [5, 5.41) is 1.16. The Bertz CT molecular complexity index is 381. The Morgan fingerprint density at radius 1 is 1.24 bits per heavy atom. The first kappa shape index (κ1) is 13.1. The van der Waals surface area contributed by atoms with Crippen LogP contribution in [0.3, 0.4) is 0 Å². The summed E-state index contributed by atoms with van der Waals surface area (Å²) in [7, 11) is 0. The largest absolute Gasteiger partial charge is 0.379 e. The summed E-state index contributed by atoms with van der Waals surface area (Å²) in [4.78, 5) is 2.32.